The van der Waals surface area contributed by atoms with E-state index in [1.165, 1.54) is 23.1 Å². The molecule has 1 atom stereocenters. The van der Waals surface area contributed by atoms with Crippen LogP contribution in [0.5, 0.6) is 0 Å². The summed E-state index contributed by atoms with van der Waals surface area (Å²) in [4.78, 5) is 25.7. The Morgan fingerprint density at radius 2 is 2.04 bits per heavy atom. The summed E-state index contributed by atoms with van der Waals surface area (Å²) in [5.74, 6) is 0.404. The van der Waals surface area contributed by atoms with Gasteiger partial charge in [0.25, 0.3) is 0 Å². The average molecular weight is 398 g/mol. The number of alkyl halides is 3. The zero-order chi connectivity index (χ0) is 17.7. The molecule has 1 aliphatic rings. The summed E-state index contributed by atoms with van der Waals surface area (Å²) in [6, 6.07) is 4.40. The Labute approximate surface area is 154 Å². The van der Waals surface area contributed by atoms with Crippen LogP contribution in [-0.4, -0.2) is 47.5 Å². The Kier molecular flexibility index (Phi) is 8.04. The number of amides is 2. The van der Waals surface area contributed by atoms with Gasteiger partial charge in [0.1, 0.15) is 0 Å². The molecule has 1 heterocycles. The van der Waals surface area contributed by atoms with Gasteiger partial charge in [-0.3, -0.25) is 14.9 Å². The lowest BCUT2D eigenvalue weighted by molar-refractivity contribution is -0.137. The van der Waals surface area contributed by atoms with Crippen molar-refractivity contribution in [1.82, 2.24) is 10.2 Å². The van der Waals surface area contributed by atoms with Gasteiger partial charge in [0.15, 0.2) is 0 Å². The van der Waals surface area contributed by atoms with Gasteiger partial charge in [-0.2, -0.15) is 13.2 Å². The standard InChI is InChI=1S/C15H18F3N3O2S.ClH/c1-2-21(14(23)12-8-24-9-19-12)7-13(22)20-11-6-4-3-5-10(11)15(16,17)18;/h3-6,12,19H,2,7-9H2,1H3,(H,20,22);1H. The molecule has 1 aliphatic heterocycles. The molecule has 2 rings (SSSR count). The van der Waals surface area contributed by atoms with Crippen LogP contribution in [-0.2, 0) is 15.8 Å². The van der Waals surface area contributed by atoms with Gasteiger partial charge in [-0.15, -0.1) is 24.2 Å². The van der Waals surface area contributed by atoms with Crippen LogP contribution in [0.1, 0.15) is 12.5 Å². The number of likely N-dealkylation sites (N-methyl/N-ethyl adjacent to an activating group) is 1. The number of nitrogens with one attached hydrogen (secondary N) is 2. The molecule has 2 amide bonds. The summed E-state index contributed by atoms with van der Waals surface area (Å²) < 4.78 is 38.8. The number of carbonyl (C=O) groups is 2. The molecule has 1 saturated heterocycles. The van der Waals surface area contributed by atoms with Gasteiger partial charge in [0, 0.05) is 18.2 Å². The predicted octanol–water partition coefficient (Wildman–Crippen LogP) is 2.58. The van der Waals surface area contributed by atoms with E-state index in [9.17, 15) is 22.8 Å². The second kappa shape index (κ2) is 9.30. The van der Waals surface area contributed by atoms with Crippen LogP contribution in [0.25, 0.3) is 0 Å². The van der Waals surface area contributed by atoms with Gasteiger partial charge >= 0.3 is 6.18 Å². The van der Waals surface area contributed by atoms with Crippen molar-refractivity contribution in [2.45, 2.75) is 19.1 Å². The van der Waals surface area contributed by atoms with Crippen molar-refractivity contribution in [3.05, 3.63) is 29.8 Å². The molecule has 0 spiro atoms. The average Bonchev–Trinajstić information content (AvgIpc) is 3.06. The highest BCUT2D eigenvalue weighted by Gasteiger charge is 2.34. The third-order valence-electron chi connectivity index (χ3n) is 3.55. The normalized spacial score (nSPS) is 16.9. The summed E-state index contributed by atoms with van der Waals surface area (Å²) in [6.45, 7) is 1.73. The number of halogens is 4. The van der Waals surface area contributed by atoms with E-state index in [4.69, 9.17) is 0 Å². The van der Waals surface area contributed by atoms with Gasteiger partial charge < -0.3 is 10.2 Å². The van der Waals surface area contributed by atoms with Crippen molar-refractivity contribution in [3.8, 4) is 0 Å². The van der Waals surface area contributed by atoms with E-state index >= 15 is 0 Å². The minimum atomic E-state index is -4.56. The number of hydrogen-bond acceptors (Lipinski definition) is 4. The fourth-order valence-corrected chi connectivity index (χ4v) is 3.26. The van der Waals surface area contributed by atoms with E-state index in [2.05, 4.69) is 10.6 Å². The van der Waals surface area contributed by atoms with Crippen LogP contribution in [0, 0.1) is 0 Å². The number of nitrogens with zero attached hydrogens (tertiary/aromatic N) is 1. The second-order valence-corrected chi connectivity index (χ2v) is 6.25. The molecule has 140 valence electrons. The molecule has 0 bridgehead atoms. The maximum atomic E-state index is 12.9. The Morgan fingerprint density at radius 3 is 2.60 bits per heavy atom. The number of anilines is 1. The highest BCUT2D eigenvalue weighted by Crippen LogP contribution is 2.34. The summed E-state index contributed by atoms with van der Waals surface area (Å²) >= 11 is 1.58. The zero-order valence-corrected chi connectivity index (χ0v) is 15.1. The third kappa shape index (κ3) is 5.79. The van der Waals surface area contributed by atoms with Crippen molar-refractivity contribution in [1.29, 1.82) is 0 Å². The Morgan fingerprint density at radius 1 is 1.36 bits per heavy atom. The largest absolute Gasteiger partial charge is 0.418 e. The number of hydrogen-bond donors (Lipinski definition) is 2. The number of benzene rings is 1. The van der Waals surface area contributed by atoms with E-state index in [1.54, 1.807) is 18.7 Å². The van der Waals surface area contributed by atoms with Crippen molar-refractivity contribution < 1.29 is 22.8 Å². The van der Waals surface area contributed by atoms with Gasteiger partial charge in [-0.1, -0.05) is 12.1 Å². The maximum Gasteiger partial charge on any atom is 0.418 e. The SMILES string of the molecule is CCN(CC(=O)Nc1ccccc1C(F)(F)F)C(=O)C1CSCN1.Cl. The van der Waals surface area contributed by atoms with E-state index < -0.39 is 17.6 Å². The molecule has 1 aromatic rings. The van der Waals surface area contributed by atoms with Crippen LogP contribution >= 0.6 is 24.2 Å². The number of carbonyl (C=O) groups excluding carboxylic acids is 2. The molecule has 0 aromatic heterocycles. The van der Waals surface area contributed by atoms with Gasteiger partial charge in [0.2, 0.25) is 11.8 Å². The molecule has 1 fully saturated rings. The molecule has 2 N–H and O–H groups in total. The second-order valence-electron chi connectivity index (χ2n) is 5.22. The molecule has 5 nitrogen and oxygen atoms in total. The van der Waals surface area contributed by atoms with Crippen LogP contribution in [0.2, 0.25) is 0 Å². The van der Waals surface area contributed by atoms with Crippen molar-refractivity contribution in [2.24, 2.45) is 0 Å². The van der Waals surface area contributed by atoms with E-state index in [-0.39, 0.29) is 36.6 Å². The zero-order valence-electron chi connectivity index (χ0n) is 13.4. The quantitative estimate of drug-likeness (QED) is 0.801. The fraction of sp³-hybridized carbons (Fsp3) is 0.467. The molecule has 0 saturated carbocycles. The van der Waals surface area contributed by atoms with Gasteiger partial charge in [0.05, 0.1) is 23.8 Å². The maximum absolute atomic E-state index is 12.9. The molecule has 25 heavy (non-hydrogen) atoms. The highest BCUT2D eigenvalue weighted by atomic mass is 35.5. The minimum absolute atomic E-state index is 0. The first kappa shape index (κ1) is 21.6. The summed E-state index contributed by atoms with van der Waals surface area (Å²) in [5.41, 5.74) is -1.23. The first-order chi connectivity index (χ1) is 11.3. The number of rotatable bonds is 5. The molecule has 0 aliphatic carbocycles. The Balaban J connectivity index is 0.00000312. The van der Waals surface area contributed by atoms with Crippen LogP contribution in [0.15, 0.2) is 24.3 Å². The van der Waals surface area contributed by atoms with Gasteiger partial charge in [-0.05, 0) is 19.1 Å². The number of thioether (sulfide) groups is 1. The molecule has 10 heteroatoms. The minimum Gasteiger partial charge on any atom is -0.332 e. The van der Waals surface area contributed by atoms with Crippen LogP contribution in [0.4, 0.5) is 18.9 Å². The monoisotopic (exact) mass is 397 g/mol. The topological polar surface area (TPSA) is 61.4 Å². The first-order valence-electron chi connectivity index (χ1n) is 7.39. The highest BCUT2D eigenvalue weighted by molar-refractivity contribution is 7.99. The summed E-state index contributed by atoms with van der Waals surface area (Å²) in [6.07, 6.45) is -4.56. The Hall–Kier alpha value is -1.45. The van der Waals surface area contributed by atoms with Crippen molar-refractivity contribution in [3.63, 3.8) is 0 Å². The van der Waals surface area contributed by atoms with E-state index in [0.717, 1.165) is 6.07 Å². The molecule has 1 unspecified atom stereocenters. The van der Waals surface area contributed by atoms with Crippen LogP contribution < -0.4 is 10.6 Å². The number of para-hydroxylation sites is 1. The van der Waals surface area contributed by atoms with Crippen molar-refractivity contribution >= 4 is 41.7 Å². The molecule has 1 aromatic carbocycles. The van der Waals surface area contributed by atoms with Gasteiger partial charge in [-0.25, -0.2) is 0 Å². The molecular weight excluding hydrogens is 379 g/mol. The predicted molar refractivity (Wildman–Crippen MR) is 93.8 cm³/mol. The summed E-state index contributed by atoms with van der Waals surface area (Å²) in [7, 11) is 0. The lowest BCUT2D eigenvalue weighted by Crippen LogP contribution is -2.47. The van der Waals surface area contributed by atoms with Crippen molar-refractivity contribution in [2.75, 3.05) is 30.0 Å². The van der Waals surface area contributed by atoms with E-state index in [1.807, 2.05) is 0 Å². The molecule has 0 radical (unpaired) electrons. The smallest absolute Gasteiger partial charge is 0.332 e. The van der Waals surface area contributed by atoms with E-state index in [0.29, 0.717) is 18.2 Å². The molecular formula is C15H19ClF3N3O2S. The lowest BCUT2D eigenvalue weighted by atomic mass is 10.1. The Bertz CT molecular complexity index is 610. The first-order valence-corrected chi connectivity index (χ1v) is 8.54. The fourth-order valence-electron chi connectivity index (χ4n) is 2.32. The lowest BCUT2D eigenvalue weighted by Gasteiger charge is -2.23. The summed E-state index contributed by atoms with van der Waals surface area (Å²) in [5, 5.41) is 5.26. The van der Waals surface area contributed by atoms with Crippen LogP contribution in [0.3, 0.4) is 0 Å². The third-order valence-corrected chi connectivity index (χ3v) is 4.49.